The quantitative estimate of drug-likeness (QED) is 0.741. The van der Waals surface area contributed by atoms with Crippen molar-refractivity contribution in [1.82, 2.24) is 13.5 Å². The highest BCUT2D eigenvalue weighted by atomic mass is 32.2. The molecule has 0 radical (unpaired) electrons. The third-order valence-electron chi connectivity index (χ3n) is 4.58. The van der Waals surface area contributed by atoms with Crippen LogP contribution in [0.25, 0.3) is 0 Å². The van der Waals surface area contributed by atoms with Gasteiger partial charge in [0.2, 0.25) is 5.91 Å². The number of likely N-dealkylation sites (N-methyl/N-ethyl adjacent to an activating group) is 1. The Balaban J connectivity index is 1.97. The molecule has 8 heteroatoms. The second kappa shape index (κ2) is 6.82. The van der Waals surface area contributed by atoms with Crippen LogP contribution in [0.2, 0.25) is 0 Å². The van der Waals surface area contributed by atoms with E-state index in [1.807, 2.05) is 0 Å². The van der Waals surface area contributed by atoms with Crippen molar-refractivity contribution in [3.8, 4) is 0 Å². The predicted octanol–water partition coefficient (Wildman–Crippen LogP) is 0.286. The molecule has 22 heavy (non-hydrogen) atoms. The summed E-state index contributed by atoms with van der Waals surface area (Å²) in [7, 11) is 0.799. The molecule has 0 unspecified atom stereocenters. The lowest BCUT2D eigenvalue weighted by Crippen LogP contribution is -2.56. The molecule has 7 nitrogen and oxygen atoms in total. The molecule has 0 atom stereocenters. The lowest BCUT2D eigenvalue weighted by Gasteiger charge is -2.45. The van der Waals surface area contributed by atoms with Gasteiger partial charge >= 0.3 is 0 Å². The molecule has 0 bridgehead atoms. The average Bonchev–Trinajstić information content (AvgIpc) is 2.47. The highest BCUT2D eigenvalue weighted by Gasteiger charge is 2.39. The molecule has 1 aliphatic carbocycles. The van der Waals surface area contributed by atoms with Crippen LogP contribution in [0.15, 0.2) is 0 Å². The summed E-state index contributed by atoms with van der Waals surface area (Å²) in [5.74, 6) is -0.152. The van der Waals surface area contributed by atoms with Gasteiger partial charge in [0.15, 0.2) is 0 Å². The molecule has 0 aromatic carbocycles. The Morgan fingerprint density at radius 1 is 1.18 bits per heavy atom. The minimum atomic E-state index is -3.56. The largest absolute Gasteiger partial charge is 0.371 e. The van der Waals surface area contributed by atoms with Crippen LogP contribution in [0.5, 0.6) is 0 Å². The SMILES string of the molecule is CN(C)S(=O)(=O)N(C)CC(=O)N1CCOC2(CCCCC2)C1. The Morgan fingerprint density at radius 3 is 2.41 bits per heavy atom. The van der Waals surface area contributed by atoms with Gasteiger partial charge < -0.3 is 9.64 Å². The van der Waals surface area contributed by atoms with Crippen LogP contribution in [0.1, 0.15) is 32.1 Å². The molecule has 2 fully saturated rings. The first-order chi connectivity index (χ1) is 10.3. The molecule has 1 saturated carbocycles. The van der Waals surface area contributed by atoms with Gasteiger partial charge in [0.05, 0.1) is 18.8 Å². The number of carbonyl (C=O) groups excluding carboxylic acids is 1. The zero-order valence-corrected chi connectivity index (χ0v) is 14.6. The van der Waals surface area contributed by atoms with E-state index in [1.54, 1.807) is 4.90 Å². The van der Waals surface area contributed by atoms with Crippen LogP contribution in [0.3, 0.4) is 0 Å². The van der Waals surface area contributed by atoms with Crippen LogP contribution in [0, 0.1) is 0 Å². The maximum Gasteiger partial charge on any atom is 0.281 e. The predicted molar refractivity (Wildman–Crippen MR) is 83.6 cm³/mol. The van der Waals surface area contributed by atoms with Gasteiger partial charge in [-0.2, -0.15) is 17.0 Å². The van der Waals surface area contributed by atoms with Gasteiger partial charge in [0.1, 0.15) is 0 Å². The number of hydrogen-bond donors (Lipinski definition) is 0. The molecule has 2 rings (SSSR count). The Labute approximate surface area is 133 Å². The Hall–Kier alpha value is -0.700. The number of carbonyl (C=O) groups is 1. The molecule has 0 aromatic heterocycles. The monoisotopic (exact) mass is 333 g/mol. The molecular weight excluding hydrogens is 306 g/mol. The van der Waals surface area contributed by atoms with Crippen LogP contribution in [-0.2, 0) is 19.7 Å². The summed E-state index contributed by atoms with van der Waals surface area (Å²) in [6.45, 7) is 1.53. The summed E-state index contributed by atoms with van der Waals surface area (Å²) < 4.78 is 32.2. The van der Waals surface area contributed by atoms with E-state index in [0.717, 1.165) is 34.3 Å². The Bertz CT molecular complexity index is 495. The summed E-state index contributed by atoms with van der Waals surface area (Å²) in [4.78, 5) is 14.2. The van der Waals surface area contributed by atoms with E-state index in [-0.39, 0.29) is 18.1 Å². The fourth-order valence-electron chi connectivity index (χ4n) is 3.21. The van der Waals surface area contributed by atoms with E-state index in [4.69, 9.17) is 4.74 Å². The van der Waals surface area contributed by atoms with E-state index in [1.165, 1.54) is 27.6 Å². The van der Waals surface area contributed by atoms with Gasteiger partial charge in [-0.15, -0.1) is 0 Å². The second-order valence-electron chi connectivity index (χ2n) is 6.45. The summed E-state index contributed by atoms with van der Waals surface area (Å²) in [6, 6.07) is 0. The van der Waals surface area contributed by atoms with Gasteiger partial charge in [-0.1, -0.05) is 19.3 Å². The average molecular weight is 333 g/mol. The Morgan fingerprint density at radius 2 is 1.82 bits per heavy atom. The number of ether oxygens (including phenoxy) is 1. The number of hydrogen-bond acceptors (Lipinski definition) is 4. The molecule has 1 heterocycles. The van der Waals surface area contributed by atoms with Crippen LogP contribution >= 0.6 is 0 Å². The second-order valence-corrected chi connectivity index (χ2v) is 8.70. The van der Waals surface area contributed by atoms with Crippen molar-refractivity contribution in [1.29, 1.82) is 0 Å². The minimum absolute atomic E-state index is 0.128. The van der Waals surface area contributed by atoms with Crippen molar-refractivity contribution in [2.75, 3.05) is 47.4 Å². The molecular formula is C14H27N3O4S. The van der Waals surface area contributed by atoms with Gasteiger partial charge in [0, 0.05) is 34.2 Å². The summed E-state index contributed by atoms with van der Waals surface area (Å²) in [5.41, 5.74) is -0.203. The molecule has 1 spiro atoms. The van der Waals surface area contributed by atoms with Crippen molar-refractivity contribution < 1.29 is 17.9 Å². The topological polar surface area (TPSA) is 70.2 Å². The fraction of sp³-hybridized carbons (Fsp3) is 0.929. The summed E-state index contributed by atoms with van der Waals surface area (Å²) in [5, 5.41) is 0. The molecule has 128 valence electrons. The number of nitrogens with zero attached hydrogens (tertiary/aromatic N) is 3. The maximum absolute atomic E-state index is 12.4. The fourth-order valence-corrected chi connectivity index (χ4v) is 4.04. The van der Waals surface area contributed by atoms with E-state index in [9.17, 15) is 13.2 Å². The third kappa shape index (κ3) is 3.79. The van der Waals surface area contributed by atoms with E-state index in [0.29, 0.717) is 19.7 Å². The number of morpholine rings is 1. The van der Waals surface area contributed by atoms with Crippen molar-refractivity contribution in [2.24, 2.45) is 0 Å². The lowest BCUT2D eigenvalue weighted by atomic mass is 9.83. The molecule has 2 aliphatic rings. The normalized spacial score (nSPS) is 22.5. The smallest absolute Gasteiger partial charge is 0.281 e. The first kappa shape index (κ1) is 17.7. The van der Waals surface area contributed by atoms with E-state index in [2.05, 4.69) is 0 Å². The van der Waals surface area contributed by atoms with Gasteiger partial charge in [-0.3, -0.25) is 4.79 Å². The van der Waals surface area contributed by atoms with Crippen molar-refractivity contribution in [2.45, 2.75) is 37.7 Å². The summed E-state index contributed by atoms with van der Waals surface area (Å²) in [6.07, 6.45) is 5.47. The summed E-state index contributed by atoms with van der Waals surface area (Å²) >= 11 is 0. The number of amides is 1. The van der Waals surface area contributed by atoms with Gasteiger partial charge in [-0.05, 0) is 12.8 Å². The zero-order chi connectivity index (χ0) is 16.4. The van der Waals surface area contributed by atoms with Gasteiger partial charge in [0.25, 0.3) is 10.2 Å². The van der Waals surface area contributed by atoms with E-state index < -0.39 is 10.2 Å². The highest BCUT2D eigenvalue weighted by Crippen LogP contribution is 2.34. The Kier molecular flexibility index (Phi) is 5.47. The molecule has 1 aliphatic heterocycles. The van der Waals surface area contributed by atoms with Crippen LogP contribution in [0.4, 0.5) is 0 Å². The van der Waals surface area contributed by atoms with Crippen molar-refractivity contribution in [3.63, 3.8) is 0 Å². The third-order valence-corrected chi connectivity index (χ3v) is 6.42. The first-order valence-electron chi connectivity index (χ1n) is 7.82. The zero-order valence-electron chi connectivity index (χ0n) is 13.7. The van der Waals surface area contributed by atoms with Crippen LogP contribution < -0.4 is 0 Å². The van der Waals surface area contributed by atoms with Crippen molar-refractivity contribution in [3.05, 3.63) is 0 Å². The number of rotatable bonds is 4. The molecule has 0 N–H and O–H groups in total. The standard InChI is InChI=1S/C14H27N3O4S/c1-15(2)22(19,20)16(3)11-13(18)17-9-10-21-14(12-17)7-5-4-6-8-14/h4-12H2,1-3H3. The lowest BCUT2D eigenvalue weighted by molar-refractivity contribution is -0.156. The first-order valence-corrected chi connectivity index (χ1v) is 9.22. The molecule has 1 saturated heterocycles. The molecule has 1 amide bonds. The van der Waals surface area contributed by atoms with Crippen molar-refractivity contribution >= 4 is 16.1 Å². The van der Waals surface area contributed by atoms with Crippen LogP contribution in [-0.4, -0.2) is 80.8 Å². The van der Waals surface area contributed by atoms with E-state index >= 15 is 0 Å². The minimum Gasteiger partial charge on any atom is -0.371 e. The molecule has 0 aromatic rings. The highest BCUT2D eigenvalue weighted by molar-refractivity contribution is 7.86. The van der Waals surface area contributed by atoms with Gasteiger partial charge in [-0.25, -0.2) is 0 Å². The maximum atomic E-state index is 12.4.